The van der Waals surface area contributed by atoms with E-state index in [2.05, 4.69) is 15.9 Å². The number of hydrogen-bond donors (Lipinski definition) is 0. The number of rotatable bonds is 4. The summed E-state index contributed by atoms with van der Waals surface area (Å²) in [4.78, 5) is 14.0. The average molecular weight is 321 g/mol. The van der Waals surface area contributed by atoms with Gasteiger partial charge in [0.2, 0.25) is 0 Å². The minimum absolute atomic E-state index is 0.0833. The number of nitrogens with zero attached hydrogens (tertiary/aromatic N) is 1. The lowest BCUT2D eigenvalue weighted by atomic mass is 10.2. The molecule has 0 saturated heterocycles. The molecule has 0 spiro atoms. The van der Waals surface area contributed by atoms with Crippen molar-refractivity contribution in [3.05, 3.63) is 34.1 Å². The van der Waals surface area contributed by atoms with Gasteiger partial charge in [0.15, 0.2) is 0 Å². The summed E-state index contributed by atoms with van der Waals surface area (Å²) in [5, 5.41) is 0. The molecule has 0 unspecified atom stereocenters. The first-order valence-electron chi connectivity index (χ1n) is 5.45. The summed E-state index contributed by atoms with van der Waals surface area (Å²) < 4.78 is 13.4. The van der Waals surface area contributed by atoms with Gasteiger partial charge in [0, 0.05) is 22.9 Å². The van der Waals surface area contributed by atoms with Crippen LogP contribution in [0.25, 0.3) is 0 Å². The molecule has 0 heterocycles. The van der Waals surface area contributed by atoms with Gasteiger partial charge in [-0.05, 0) is 47.0 Å². The molecule has 1 aromatic rings. The van der Waals surface area contributed by atoms with Gasteiger partial charge in [-0.15, -0.1) is 11.6 Å². The largest absolute Gasteiger partial charge is 0.334 e. The molecular formula is C12H12BrClFNO. The Labute approximate surface area is 113 Å². The van der Waals surface area contributed by atoms with Crippen molar-refractivity contribution in [2.75, 3.05) is 12.4 Å². The Morgan fingerprint density at radius 3 is 2.76 bits per heavy atom. The predicted molar refractivity (Wildman–Crippen MR) is 68.9 cm³/mol. The third kappa shape index (κ3) is 2.99. The highest BCUT2D eigenvalue weighted by Gasteiger charge is 2.33. The molecule has 0 atom stereocenters. The first kappa shape index (κ1) is 12.8. The van der Waals surface area contributed by atoms with Crippen molar-refractivity contribution in [2.24, 2.45) is 0 Å². The Morgan fingerprint density at radius 2 is 2.24 bits per heavy atom. The molecule has 0 N–H and O–H groups in total. The summed E-state index contributed by atoms with van der Waals surface area (Å²) in [7, 11) is 0. The summed E-state index contributed by atoms with van der Waals surface area (Å²) in [6.45, 7) is 0.537. The molecule has 92 valence electrons. The molecule has 2 rings (SSSR count). The lowest BCUT2D eigenvalue weighted by Gasteiger charge is -2.21. The zero-order valence-corrected chi connectivity index (χ0v) is 11.5. The maximum Gasteiger partial charge on any atom is 0.255 e. The second-order valence-corrected chi connectivity index (χ2v) is 5.28. The average Bonchev–Trinajstić information content (AvgIpc) is 3.09. The van der Waals surface area contributed by atoms with Gasteiger partial charge in [-0.3, -0.25) is 4.79 Å². The van der Waals surface area contributed by atoms with E-state index in [9.17, 15) is 9.18 Å². The Hall–Kier alpha value is -0.610. The highest BCUT2D eigenvalue weighted by molar-refractivity contribution is 9.10. The number of carbonyl (C=O) groups excluding carboxylic acids is 1. The Bertz CT molecular complexity index is 437. The molecule has 0 aliphatic heterocycles. The third-order valence-electron chi connectivity index (χ3n) is 2.74. The lowest BCUT2D eigenvalue weighted by molar-refractivity contribution is 0.0752. The fourth-order valence-electron chi connectivity index (χ4n) is 1.74. The van der Waals surface area contributed by atoms with Crippen molar-refractivity contribution >= 4 is 33.4 Å². The van der Waals surface area contributed by atoms with Crippen LogP contribution in [0.1, 0.15) is 23.2 Å². The fourth-order valence-corrected chi connectivity index (χ4v) is 2.45. The molecule has 0 aromatic heterocycles. The number of hydrogen-bond acceptors (Lipinski definition) is 1. The van der Waals surface area contributed by atoms with Crippen LogP contribution in [0.4, 0.5) is 4.39 Å². The Morgan fingerprint density at radius 1 is 1.53 bits per heavy atom. The molecule has 1 fully saturated rings. The molecule has 1 aliphatic rings. The van der Waals surface area contributed by atoms with E-state index in [0.717, 1.165) is 12.8 Å². The third-order valence-corrected chi connectivity index (χ3v) is 3.56. The van der Waals surface area contributed by atoms with Crippen LogP contribution in [0.2, 0.25) is 0 Å². The predicted octanol–water partition coefficient (Wildman–Crippen LogP) is 3.43. The van der Waals surface area contributed by atoms with Gasteiger partial charge in [0.1, 0.15) is 5.82 Å². The van der Waals surface area contributed by atoms with E-state index in [4.69, 9.17) is 11.6 Å². The van der Waals surface area contributed by atoms with Crippen LogP contribution < -0.4 is 0 Å². The van der Waals surface area contributed by atoms with Crippen molar-refractivity contribution in [3.63, 3.8) is 0 Å². The smallest absolute Gasteiger partial charge is 0.255 e. The maximum absolute atomic E-state index is 13.0. The summed E-state index contributed by atoms with van der Waals surface area (Å²) >= 11 is 8.92. The molecule has 1 aliphatic carbocycles. The summed E-state index contributed by atoms with van der Waals surface area (Å²) in [5.41, 5.74) is 0.489. The normalized spacial score (nSPS) is 14.8. The standard InChI is InChI=1S/C12H12BrClFNO/c13-11-7-8(15)1-4-10(11)12(17)16(6-5-14)9-2-3-9/h1,4,7,9H,2-3,5-6H2. The number of amides is 1. The first-order valence-corrected chi connectivity index (χ1v) is 6.78. The van der Waals surface area contributed by atoms with Crippen molar-refractivity contribution in [1.82, 2.24) is 4.90 Å². The number of halogens is 3. The van der Waals surface area contributed by atoms with Gasteiger partial charge in [0.25, 0.3) is 5.91 Å². The molecule has 1 aromatic carbocycles. The summed E-state index contributed by atoms with van der Waals surface area (Å²) in [6.07, 6.45) is 2.06. The lowest BCUT2D eigenvalue weighted by Crippen LogP contribution is -2.35. The van der Waals surface area contributed by atoms with Gasteiger partial charge < -0.3 is 4.90 Å². The molecule has 1 amide bonds. The second kappa shape index (κ2) is 5.36. The molecular weight excluding hydrogens is 308 g/mol. The van der Waals surface area contributed by atoms with Crippen LogP contribution in [0.3, 0.4) is 0 Å². The highest BCUT2D eigenvalue weighted by Crippen LogP contribution is 2.29. The molecule has 0 bridgehead atoms. The zero-order valence-electron chi connectivity index (χ0n) is 9.13. The van der Waals surface area contributed by atoms with Gasteiger partial charge >= 0.3 is 0 Å². The number of carbonyl (C=O) groups is 1. The van der Waals surface area contributed by atoms with E-state index in [0.29, 0.717) is 28.5 Å². The van der Waals surface area contributed by atoms with Gasteiger partial charge in [0.05, 0.1) is 5.56 Å². The Kier molecular flexibility index (Phi) is 4.05. The van der Waals surface area contributed by atoms with Gasteiger partial charge in [-0.2, -0.15) is 0 Å². The van der Waals surface area contributed by atoms with Gasteiger partial charge in [-0.1, -0.05) is 0 Å². The van der Waals surface area contributed by atoms with E-state index in [-0.39, 0.29) is 11.7 Å². The van der Waals surface area contributed by atoms with E-state index >= 15 is 0 Å². The highest BCUT2D eigenvalue weighted by atomic mass is 79.9. The summed E-state index contributed by atoms with van der Waals surface area (Å²) in [6, 6.07) is 4.41. The van der Waals surface area contributed by atoms with Crippen molar-refractivity contribution in [3.8, 4) is 0 Å². The van der Waals surface area contributed by atoms with Crippen LogP contribution in [0, 0.1) is 5.82 Å². The van der Waals surface area contributed by atoms with Crippen LogP contribution in [0.15, 0.2) is 22.7 Å². The van der Waals surface area contributed by atoms with E-state index in [1.807, 2.05) is 0 Å². The zero-order chi connectivity index (χ0) is 12.4. The SMILES string of the molecule is O=C(c1ccc(F)cc1Br)N(CCCl)C1CC1. The van der Waals surface area contributed by atoms with Crippen LogP contribution in [0.5, 0.6) is 0 Å². The maximum atomic E-state index is 13.0. The van der Waals surface area contributed by atoms with Crippen molar-refractivity contribution in [1.29, 1.82) is 0 Å². The van der Waals surface area contributed by atoms with Crippen molar-refractivity contribution < 1.29 is 9.18 Å². The minimum Gasteiger partial charge on any atom is -0.334 e. The minimum atomic E-state index is -0.358. The Balaban J connectivity index is 2.22. The van der Waals surface area contributed by atoms with Crippen LogP contribution in [-0.4, -0.2) is 29.3 Å². The number of alkyl halides is 1. The van der Waals surface area contributed by atoms with E-state index in [1.54, 1.807) is 4.90 Å². The van der Waals surface area contributed by atoms with E-state index in [1.165, 1.54) is 18.2 Å². The molecule has 5 heteroatoms. The van der Waals surface area contributed by atoms with Crippen molar-refractivity contribution in [2.45, 2.75) is 18.9 Å². The topological polar surface area (TPSA) is 20.3 Å². The second-order valence-electron chi connectivity index (χ2n) is 4.04. The fraction of sp³-hybridized carbons (Fsp3) is 0.417. The molecule has 1 saturated carbocycles. The van der Waals surface area contributed by atoms with E-state index < -0.39 is 0 Å². The number of benzene rings is 1. The summed E-state index contributed by atoms with van der Waals surface area (Å²) in [5.74, 6) is -0.0232. The molecule has 0 radical (unpaired) electrons. The van der Waals surface area contributed by atoms with Crippen LogP contribution >= 0.6 is 27.5 Å². The van der Waals surface area contributed by atoms with Gasteiger partial charge in [-0.25, -0.2) is 4.39 Å². The van der Waals surface area contributed by atoms with Crippen LogP contribution in [-0.2, 0) is 0 Å². The monoisotopic (exact) mass is 319 g/mol. The molecule has 2 nitrogen and oxygen atoms in total. The molecule has 17 heavy (non-hydrogen) atoms. The first-order chi connectivity index (χ1) is 8.13. The quantitative estimate of drug-likeness (QED) is 0.778.